The van der Waals surface area contributed by atoms with Gasteiger partial charge < -0.3 is 14.2 Å². The van der Waals surface area contributed by atoms with Gasteiger partial charge in [0.15, 0.2) is 6.29 Å². The van der Waals surface area contributed by atoms with Gasteiger partial charge in [0.05, 0.1) is 18.8 Å². The number of hydrogen-bond acceptors (Lipinski definition) is 3. The number of ether oxygens (including phenoxy) is 3. The average Bonchev–Trinajstić information content (AvgIpc) is 2.77. The second kappa shape index (κ2) is 3.05. The highest BCUT2D eigenvalue weighted by Crippen LogP contribution is 2.44. The maximum Gasteiger partial charge on any atom is 0.181 e. The van der Waals surface area contributed by atoms with E-state index in [-0.39, 0.29) is 6.29 Å². The van der Waals surface area contributed by atoms with Crippen molar-refractivity contribution < 1.29 is 14.2 Å². The van der Waals surface area contributed by atoms with E-state index in [4.69, 9.17) is 14.2 Å². The van der Waals surface area contributed by atoms with Crippen molar-refractivity contribution in [1.82, 2.24) is 0 Å². The summed E-state index contributed by atoms with van der Waals surface area (Å²) in [5.41, 5.74) is 0.901. The van der Waals surface area contributed by atoms with Gasteiger partial charge in [0, 0.05) is 16.2 Å². The van der Waals surface area contributed by atoms with E-state index >= 15 is 0 Å². The van der Waals surface area contributed by atoms with Crippen molar-refractivity contribution >= 4 is 10.2 Å². The molecule has 0 spiro atoms. The summed E-state index contributed by atoms with van der Waals surface area (Å²) in [6.45, 7) is 1.64. The molecule has 3 rings (SSSR count). The first-order valence-electron chi connectivity index (χ1n) is 5.21. The van der Waals surface area contributed by atoms with Crippen LogP contribution in [0, 0.1) is 5.92 Å². The molecule has 0 aliphatic carbocycles. The van der Waals surface area contributed by atoms with Crippen LogP contribution in [0.5, 0.6) is 0 Å². The summed E-state index contributed by atoms with van der Waals surface area (Å²) < 4.78 is 16.4. The van der Waals surface area contributed by atoms with E-state index in [1.807, 2.05) is 0 Å². The van der Waals surface area contributed by atoms with Gasteiger partial charge in [-0.2, -0.15) is 0 Å². The number of rotatable bonds is 3. The van der Waals surface area contributed by atoms with Crippen molar-refractivity contribution in [3.05, 3.63) is 0 Å². The predicted molar refractivity (Wildman–Crippen MR) is 50.8 cm³/mol. The van der Waals surface area contributed by atoms with Crippen LogP contribution >= 0.6 is 0 Å². The molecule has 3 aliphatic heterocycles. The van der Waals surface area contributed by atoms with Gasteiger partial charge in [-0.3, -0.25) is 0 Å². The topological polar surface area (TPSA) is 31.0 Å². The molecule has 5 unspecified atom stereocenters. The lowest BCUT2D eigenvalue weighted by atomic mass is 9.89. The van der Waals surface area contributed by atoms with Gasteiger partial charge in [-0.1, -0.05) is 0 Å². The second-order valence-corrected chi connectivity index (χ2v) is 6.00. The first-order valence-corrected chi connectivity index (χ1v) is 6.37. The molecule has 0 N–H and O–H groups in total. The van der Waals surface area contributed by atoms with E-state index in [1.165, 1.54) is 23.1 Å². The van der Waals surface area contributed by atoms with Crippen molar-refractivity contribution in [3.63, 3.8) is 0 Å². The Morgan fingerprint density at radius 1 is 1.31 bits per heavy atom. The molecule has 74 valence electrons. The highest BCUT2D eigenvalue weighted by Gasteiger charge is 2.45. The van der Waals surface area contributed by atoms with Crippen molar-refractivity contribution in [3.8, 4) is 0 Å². The first kappa shape index (κ1) is 8.41. The van der Waals surface area contributed by atoms with E-state index in [2.05, 4.69) is 0 Å². The highest BCUT2D eigenvalue weighted by molar-refractivity contribution is 6.12. The third-order valence-electron chi connectivity index (χ3n) is 3.45. The maximum atomic E-state index is 5.86. The molecule has 0 aromatic carbocycles. The summed E-state index contributed by atoms with van der Waals surface area (Å²) in [6, 6.07) is 0. The zero-order chi connectivity index (χ0) is 8.84. The van der Waals surface area contributed by atoms with Gasteiger partial charge in [0.2, 0.25) is 0 Å². The van der Waals surface area contributed by atoms with Crippen LogP contribution in [0.2, 0.25) is 5.54 Å². The van der Waals surface area contributed by atoms with Gasteiger partial charge in [-0.15, -0.1) is 0 Å². The molecule has 4 heteroatoms. The van der Waals surface area contributed by atoms with Crippen molar-refractivity contribution in [2.75, 3.05) is 13.2 Å². The lowest BCUT2D eigenvalue weighted by Gasteiger charge is -2.21. The molecule has 3 aliphatic rings. The Kier molecular flexibility index (Phi) is 1.97. The summed E-state index contributed by atoms with van der Waals surface area (Å²) in [5, 5.41) is 0. The molecule has 5 atom stereocenters. The molecule has 13 heavy (non-hydrogen) atoms. The quantitative estimate of drug-likeness (QED) is 0.462. The third kappa shape index (κ3) is 1.56. The largest absolute Gasteiger partial charge is 0.375 e. The Hall–Kier alpha value is 0.0969. The molecular formula is C9H16O3Si. The zero-order valence-corrected chi connectivity index (χ0v) is 9.94. The van der Waals surface area contributed by atoms with Gasteiger partial charge >= 0.3 is 0 Å². The Labute approximate surface area is 81.2 Å². The lowest BCUT2D eigenvalue weighted by molar-refractivity contribution is 0.00841. The standard InChI is InChI=1S/C9H16O3Si/c13-8-2-6-5(1-7(8)12-6)3-10-9-4-11-9/h5-9H,1-4H2,13H3. The fourth-order valence-corrected chi connectivity index (χ4v) is 3.41. The van der Waals surface area contributed by atoms with Crippen LogP contribution in [-0.2, 0) is 14.2 Å². The second-order valence-electron chi connectivity index (χ2n) is 4.52. The zero-order valence-electron chi connectivity index (χ0n) is 7.94. The Bertz CT molecular complexity index is 205. The predicted octanol–water partition coefficient (Wildman–Crippen LogP) is -0.309. The van der Waals surface area contributed by atoms with Crippen LogP contribution in [0.4, 0.5) is 0 Å². The summed E-state index contributed by atoms with van der Waals surface area (Å²) >= 11 is 0. The fraction of sp³-hybridized carbons (Fsp3) is 1.00. The smallest absolute Gasteiger partial charge is 0.181 e. The van der Waals surface area contributed by atoms with E-state index in [0.29, 0.717) is 18.1 Å². The molecule has 3 nitrogen and oxygen atoms in total. The minimum absolute atomic E-state index is 0.117. The third-order valence-corrected chi connectivity index (χ3v) is 4.66. The average molecular weight is 200 g/mol. The molecule has 0 saturated carbocycles. The molecule has 3 saturated heterocycles. The highest BCUT2D eigenvalue weighted by atomic mass is 28.1. The molecule has 0 amide bonds. The van der Waals surface area contributed by atoms with Gasteiger partial charge in [0.25, 0.3) is 0 Å². The number of epoxide rings is 1. The van der Waals surface area contributed by atoms with Crippen LogP contribution in [-0.4, -0.2) is 42.0 Å². The summed E-state index contributed by atoms with van der Waals surface area (Å²) in [7, 11) is 1.29. The maximum absolute atomic E-state index is 5.86. The summed E-state index contributed by atoms with van der Waals surface area (Å²) in [6.07, 6.45) is 3.71. The van der Waals surface area contributed by atoms with Crippen LogP contribution in [0.15, 0.2) is 0 Å². The first-order chi connectivity index (χ1) is 6.33. The normalized spacial score (nSPS) is 53.1. The molecule has 0 radical (unpaired) electrons. The monoisotopic (exact) mass is 200 g/mol. The minimum Gasteiger partial charge on any atom is -0.375 e. The molecule has 2 bridgehead atoms. The molecular weight excluding hydrogens is 184 g/mol. The van der Waals surface area contributed by atoms with Gasteiger partial charge in [0.1, 0.15) is 6.61 Å². The van der Waals surface area contributed by atoms with Crippen LogP contribution < -0.4 is 0 Å². The van der Waals surface area contributed by atoms with E-state index in [9.17, 15) is 0 Å². The molecule has 3 fully saturated rings. The molecule has 3 heterocycles. The summed E-state index contributed by atoms with van der Waals surface area (Å²) in [5.74, 6) is 0.652. The van der Waals surface area contributed by atoms with Crippen LogP contribution in [0.1, 0.15) is 12.8 Å². The van der Waals surface area contributed by atoms with E-state index < -0.39 is 0 Å². The number of hydrogen-bond donors (Lipinski definition) is 0. The SMILES string of the molecule is [SiH3]C1CC2OC1CC2COC1CO1. The van der Waals surface area contributed by atoms with Crippen LogP contribution in [0.25, 0.3) is 0 Å². The molecule has 0 aromatic heterocycles. The Balaban J connectivity index is 1.51. The lowest BCUT2D eigenvalue weighted by Crippen LogP contribution is -2.24. The molecule has 0 aromatic rings. The van der Waals surface area contributed by atoms with E-state index in [0.717, 1.165) is 18.8 Å². The van der Waals surface area contributed by atoms with Crippen molar-refractivity contribution in [2.24, 2.45) is 5.92 Å². The van der Waals surface area contributed by atoms with E-state index in [1.54, 1.807) is 0 Å². The van der Waals surface area contributed by atoms with Crippen molar-refractivity contribution in [1.29, 1.82) is 0 Å². The van der Waals surface area contributed by atoms with Crippen molar-refractivity contribution in [2.45, 2.75) is 36.9 Å². The Morgan fingerprint density at radius 2 is 2.15 bits per heavy atom. The van der Waals surface area contributed by atoms with Crippen LogP contribution in [0.3, 0.4) is 0 Å². The fourth-order valence-electron chi connectivity index (χ4n) is 2.52. The van der Waals surface area contributed by atoms with Gasteiger partial charge in [-0.05, 0) is 18.4 Å². The summed E-state index contributed by atoms with van der Waals surface area (Å²) in [4.78, 5) is 0. The van der Waals surface area contributed by atoms with Gasteiger partial charge in [-0.25, -0.2) is 0 Å². The Morgan fingerprint density at radius 3 is 2.69 bits per heavy atom. The number of fused-ring (bicyclic) bond motifs is 2. The minimum atomic E-state index is 0.117.